The maximum atomic E-state index is 12.2. The van der Waals surface area contributed by atoms with Gasteiger partial charge in [-0.3, -0.25) is 4.79 Å². The number of nitrogens with one attached hydrogen (secondary N) is 1. The highest BCUT2D eigenvalue weighted by atomic mass is 35.5. The van der Waals surface area contributed by atoms with Gasteiger partial charge in [-0.1, -0.05) is 23.7 Å². The van der Waals surface area contributed by atoms with Crippen LogP contribution in [0.2, 0.25) is 5.02 Å². The first-order chi connectivity index (χ1) is 10.1. The number of carbonyl (C=O) groups excluding carboxylic acids is 1. The van der Waals surface area contributed by atoms with Crippen LogP contribution in [-0.4, -0.2) is 19.6 Å². The summed E-state index contributed by atoms with van der Waals surface area (Å²) in [7, 11) is 1.52. The molecule has 1 amide bonds. The van der Waals surface area contributed by atoms with Crippen molar-refractivity contribution in [1.29, 1.82) is 0 Å². The fourth-order valence-corrected chi connectivity index (χ4v) is 2.22. The molecule has 0 saturated heterocycles. The molecule has 0 unspecified atom stereocenters. The molecule has 0 atom stereocenters. The number of methoxy groups -OCH3 is 1. The van der Waals surface area contributed by atoms with Crippen LogP contribution in [0.25, 0.3) is 0 Å². The number of rotatable bonds is 5. The van der Waals surface area contributed by atoms with Gasteiger partial charge in [-0.2, -0.15) is 0 Å². The minimum atomic E-state index is -0.207. The Balaban J connectivity index is 1.97. The van der Waals surface area contributed by atoms with Crippen LogP contribution in [0.15, 0.2) is 42.5 Å². The molecule has 0 bridgehead atoms. The van der Waals surface area contributed by atoms with Gasteiger partial charge in [-0.05, 0) is 42.3 Å². The number of nitrogens with two attached hydrogens (primary N) is 1. The number of carbonyl (C=O) groups is 1. The first kappa shape index (κ1) is 15.2. The summed E-state index contributed by atoms with van der Waals surface area (Å²) in [5.41, 5.74) is 7.74. The minimum absolute atomic E-state index is 0.207. The van der Waals surface area contributed by atoms with E-state index in [1.165, 1.54) is 7.11 Å². The van der Waals surface area contributed by atoms with E-state index in [9.17, 15) is 4.79 Å². The largest absolute Gasteiger partial charge is 0.496 e. The topological polar surface area (TPSA) is 64.3 Å². The van der Waals surface area contributed by atoms with Gasteiger partial charge in [0.05, 0.1) is 12.7 Å². The van der Waals surface area contributed by atoms with Crippen LogP contribution >= 0.6 is 11.6 Å². The number of hydrogen-bond donors (Lipinski definition) is 2. The van der Waals surface area contributed by atoms with Crippen LogP contribution in [-0.2, 0) is 6.42 Å². The van der Waals surface area contributed by atoms with Crippen molar-refractivity contribution < 1.29 is 9.53 Å². The van der Waals surface area contributed by atoms with Crippen LogP contribution in [0.3, 0.4) is 0 Å². The molecule has 110 valence electrons. The molecule has 0 radical (unpaired) electrons. The molecule has 3 N–H and O–H groups in total. The molecule has 0 aliphatic carbocycles. The van der Waals surface area contributed by atoms with Gasteiger partial charge in [-0.15, -0.1) is 0 Å². The summed E-state index contributed by atoms with van der Waals surface area (Å²) in [5.74, 6) is 0.297. The number of nitrogen functional groups attached to an aromatic ring is 1. The maximum Gasteiger partial charge on any atom is 0.255 e. The molecule has 2 aromatic carbocycles. The van der Waals surface area contributed by atoms with Crippen molar-refractivity contribution in [3.63, 3.8) is 0 Å². The van der Waals surface area contributed by atoms with Gasteiger partial charge in [0, 0.05) is 17.3 Å². The Hall–Kier alpha value is -2.20. The second-order valence-corrected chi connectivity index (χ2v) is 5.03. The zero-order valence-electron chi connectivity index (χ0n) is 11.7. The Bertz CT molecular complexity index is 644. The summed E-state index contributed by atoms with van der Waals surface area (Å²) in [6.07, 6.45) is 0.705. The number of benzene rings is 2. The number of amides is 1. The van der Waals surface area contributed by atoms with Crippen molar-refractivity contribution in [2.45, 2.75) is 6.42 Å². The SMILES string of the molecule is COc1ccc(N)cc1C(=O)NCCc1cccc(Cl)c1. The zero-order valence-corrected chi connectivity index (χ0v) is 12.5. The summed E-state index contributed by atoms with van der Waals surface area (Å²) < 4.78 is 5.17. The van der Waals surface area contributed by atoms with E-state index in [-0.39, 0.29) is 5.91 Å². The molecule has 21 heavy (non-hydrogen) atoms. The monoisotopic (exact) mass is 304 g/mol. The van der Waals surface area contributed by atoms with Crippen molar-refractivity contribution in [3.8, 4) is 5.75 Å². The lowest BCUT2D eigenvalue weighted by molar-refractivity contribution is 0.0951. The lowest BCUT2D eigenvalue weighted by Gasteiger charge is -2.10. The molecule has 2 rings (SSSR count). The van der Waals surface area contributed by atoms with E-state index in [1.54, 1.807) is 18.2 Å². The summed E-state index contributed by atoms with van der Waals surface area (Å²) >= 11 is 5.92. The molecular formula is C16H17ClN2O2. The second kappa shape index (κ2) is 6.99. The predicted molar refractivity (Wildman–Crippen MR) is 84.9 cm³/mol. The molecule has 0 aromatic heterocycles. The Kier molecular flexibility index (Phi) is 5.06. The highest BCUT2D eigenvalue weighted by Crippen LogP contribution is 2.20. The molecule has 5 heteroatoms. The van der Waals surface area contributed by atoms with Crippen molar-refractivity contribution in [2.75, 3.05) is 19.4 Å². The normalized spacial score (nSPS) is 10.2. The van der Waals surface area contributed by atoms with E-state index in [1.807, 2.05) is 24.3 Å². The quantitative estimate of drug-likeness (QED) is 0.835. The van der Waals surface area contributed by atoms with Gasteiger partial charge in [-0.25, -0.2) is 0 Å². The summed E-state index contributed by atoms with van der Waals surface area (Å²) in [5, 5.41) is 3.54. The smallest absolute Gasteiger partial charge is 0.255 e. The third kappa shape index (κ3) is 4.13. The van der Waals surface area contributed by atoms with Crippen LogP contribution in [0.5, 0.6) is 5.75 Å². The molecule has 0 fully saturated rings. The van der Waals surface area contributed by atoms with E-state index in [0.29, 0.717) is 35.0 Å². The molecule has 0 heterocycles. The zero-order chi connectivity index (χ0) is 15.2. The lowest BCUT2D eigenvalue weighted by Crippen LogP contribution is -2.26. The molecule has 0 saturated carbocycles. The standard InChI is InChI=1S/C16H17ClN2O2/c1-21-15-6-5-13(18)10-14(15)16(20)19-8-7-11-3-2-4-12(17)9-11/h2-6,9-10H,7-8,18H2,1H3,(H,19,20). The van der Waals surface area contributed by atoms with E-state index in [0.717, 1.165) is 5.56 Å². The lowest BCUT2D eigenvalue weighted by atomic mass is 10.1. The van der Waals surface area contributed by atoms with Crippen molar-refractivity contribution >= 4 is 23.2 Å². The van der Waals surface area contributed by atoms with Crippen LogP contribution < -0.4 is 15.8 Å². The number of ether oxygens (including phenoxy) is 1. The fourth-order valence-electron chi connectivity index (χ4n) is 2.01. The van der Waals surface area contributed by atoms with Gasteiger partial charge in [0.2, 0.25) is 0 Å². The average molecular weight is 305 g/mol. The Morgan fingerprint density at radius 1 is 1.29 bits per heavy atom. The molecule has 0 aliphatic rings. The highest BCUT2D eigenvalue weighted by Gasteiger charge is 2.12. The second-order valence-electron chi connectivity index (χ2n) is 4.60. The minimum Gasteiger partial charge on any atom is -0.496 e. The Morgan fingerprint density at radius 3 is 2.81 bits per heavy atom. The first-order valence-corrected chi connectivity index (χ1v) is 6.94. The Labute approximate surface area is 128 Å². The molecular weight excluding hydrogens is 288 g/mol. The van der Waals surface area contributed by atoms with Crippen LogP contribution in [0, 0.1) is 0 Å². The predicted octanol–water partition coefficient (Wildman–Crippen LogP) is 2.90. The molecule has 0 aliphatic heterocycles. The average Bonchev–Trinajstić information content (AvgIpc) is 2.47. The van der Waals surface area contributed by atoms with E-state index < -0.39 is 0 Å². The van der Waals surface area contributed by atoms with E-state index >= 15 is 0 Å². The third-order valence-corrected chi connectivity index (χ3v) is 3.29. The van der Waals surface area contributed by atoms with Gasteiger partial charge in [0.15, 0.2) is 0 Å². The van der Waals surface area contributed by atoms with Crippen LogP contribution in [0.4, 0.5) is 5.69 Å². The summed E-state index contributed by atoms with van der Waals surface area (Å²) in [6.45, 7) is 0.511. The van der Waals surface area contributed by atoms with Gasteiger partial charge < -0.3 is 15.8 Å². The molecule has 4 nitrogen and oxygen atoms in total. The first-order valence-electron chi connectivity index (χ1n) is 6.56. The van der Waals surface area contributed by atoms with Crippen molar-refractivity contribution in [1.82, 2.24) is 5.32 Å². The highest BCUT2D eigenvalue weighted by molar-refractivity contribution is 6.30. The summed E-state index contributed by atoms with van der Waals surface area (Å²) in [4.78, 5) is 12.2. The van der Waals surface area contributed by atoms with Crippen LogP contribution in [0.1, 0.15) is 15.9 Å². The van der Waals surface area contributed by atoms with E-state index in [2.05, 4.69) is 5.32 Å². The number of hydrogen-bond acceptors (Lipinski definition) is 3. The summed E-state index contributed by atoms with van der Waals surface area (Å²) in [6, 6.07) is 12.5. The van der Waals surface area contributed by atoms with E-state index in [4.69, 9.17) is 22.1 Å². The van der Waals surface area contributed by atoms with Crippen molar-refractivity contribution in [2.24, 2.45) is 0 Å². The van der Waals surface area contributed by atoms with Gasteiger partial charge in [0.25, 0.3) is 5.91 Å². The van der Waals surface area contributed by atoms with Gasteiger partial charge >= 0.3 is 0 Å². The fraction of sp³-hybridized carbons (Fsp3) is 0.188. The maximum absolute atomic E-state index is 12.2. The van der Waals surface area contributed by atoms with Crippen molar-refractivity contribution in [3.05, 3.63) is 58.6 Å². The molecule has 2 aromatic rings. The Morgan fingerprint density at radius 2 is 2.10 bits per heavy atom. The third-order valence-electron chi connectivity index (χ3n) is 3.06. The molecule has 0 spiro atoms. The van der Waals surface area contributed by atoms with Gasteiger partial charge in [0.1, 0.15) is 5.75 Å². The number of anilines is 1. The number of halogens is 1.